The van der Waals surface area contributed by atoms with Gasteiger partial charge in [-0.15, -0.1) is 25.6 Å². The first-order valence-electron chi connectivity index (χ1n) is 7.72. The van der Waals surface area contributed by atoms with E-state index in [0.29, 0.717) is 18.5 Å². The number of nitrogens with one attached hydrogen (secondary N) is 1. The van der Waals surface area contributed by atoms with Crippen LogP contribution in [0.4, 0.5) is 13.2 Å². The first-order valence-corrected chi connectivity index (χ1v) is 7.72. The lowest BCUT2D eigenvalue weighted by atomic mass is 10.1. The molecule has 1 aliphatic heterocycles. The minimum Gasteiger partial charge on any atom is -0.405 e. The van der Waals surface area contributed by atoms with Crippen LogP contribution >= 0.6 is 12.4 Å². The zero-order valence-electron chi connectivity index (χ0n) is 13.2. The summed E-state index contributed by atoms with van der Waals surface area (Å²) in [4.78, 5) is 14.4. The smallest absolute Gasteiger partial charge is 0.405 e. The average Bonchev–Trinajstić information content (AvgIpc) is 3.26. The van der Waals surface area contributed by atoms with Crippen molar-refractivity contribution in [2.24, 2.45) is 5.92 Å². The van der Waals surface area contributed by atoms with Crippen molar-refractivity contribution in [3.8, 4) is 5.75 Å². The molecule has 24 heavy (non-hydrogen) atoms. The lowest BCUT2D eigenvalue weighted by molar-refractivity contribution is -0.274. The van der Waals surface area contributed by atoms with Crippen LogP contribution in [-0.2, 0) is 4.79 Å². The molecule has 1 aromatic carbocycles. The number of piperazine rings is 1. The Labute approximate surface area is 144 Å². The summed E-state index contributed by atoms with van der Waals surface area (Å²) >= 11 is 0. The summed E-state index contributed by atoms with van der Waals surface area (Å²) in [6, 6.07) is 6.20. The van der Waals surface area contributed by atoms with Gasteiger partial charge in [-0.05, 0) is 30.9 Å². The zero-order chi connectivity index (χ0) is 16.6. The van der Waals surface area contributed by atoms with Crippen LogP contribution in [0.3, 0.4) is 0 Å². The summed E-state index contributed by atoms with van der Waals surface area (Å²) in [5, 5.41) is 3.22. The van der Waals surface area contributed by atoms with Crippen molar-refractivity contribution in [2.75, 3.05) is 19.6 Å². The average molecular weight is 365 g/mol. The maximum atomic E-state index is 12.6. The van der Waals surface area contributed by atoms with Gasteiger partial charge in [0.05, 0.1) is 0 Å². The second kappa shape index (κ2) is 7.19. The molecule has 0 bridgehead atoms. The van der Waals surface area contributed by atoms with Gasteiger partial charge < -0.3 is 15.0 Å². The molecule has 134 valence electrons. The Morgan fingerprint density at radius 1 is 1.33 bits per heavy atom. The number of ether oxygens (including phenoxy) is 1. The Bertz CT molecular complexity index is 597. The molecule has 1 aromatic rings. The first-order chi connectivity index (χ1) is 10.9. The van der Waals surface area contributed by atoms with E-state index in [4.69, 9.17) is 0 Å². The van der Waals surface area contributed by atoms with Gasteiger partial charge in [-0.2, -0.15) is 0 Å². The summed E-state index contributed by atoms with van der Waals surface area (Å²) < 4.78 is 41.6. The summed E-state index contributed by atoms with van der Waals surface area (Å²) in [5.74, 6) is -0.601. The van der Waals surface area contributed by atoms with Gasteiger partial charge >= 0.3 is 6.36 Å². The van der Waals surface area contributed by atoms with Gasteiger partial charge in [-0.25, -0.2) is 0 Å². The lowest BCUT2D eigenvalue weighted by Gasteiger charge is -2.34. The van der Waals surface area contributed by atoms with E-state index >= 15 is 0 Å². The van der Waals surface area contributed by atoms with Crippen LogP contribution in [0.5, 0.6) is 5.75 Å². The number of hydrogen-bond acceptors (Lipinski definition) is 3. The number of halogens is 4. The number of carbonyl (C=O) groups excluding carboxylic acids is 1. The summed E-state index contributed by atoms with van der Waals surface area (Å²) in [6.07, 6.45) is -4.15. The maximum Gasteiger partial charge on any atom is 0.573 e. The van der Waals surface area contributed by atoms with Crippen LogP contribution in [0, 0.1) is 5.92 Å². The van der Waals surface area contributed by atoms with Crippen molar-refractivity contribution in [3.63, 3.8) is 0 Å². The molecule has 2 fully saturated rings. The van der Waals surface area contributed by atoms with E-state index in [-0.39, 0.29) is 41.9 Å². The van der Waals surface area contributed by atoms with Gasteiger partial charge in [0.2, 0.25) is 5.91 Å². The first kappa shape index (κ1) is 18.9. The van der Waals surface area contributed by atoms with E-state index in [2.05, 4.69) is 10.1 Å². The fourth-order valence-electron chi connectivity index (χ4n) is 3.20. The molecule has 0 radical (unpaired) electrons. The molecular weight excluding hydrogens is 345 g/mol. The zero-order valence-corrected chi connectivity index (χ0v) is 14.0. The van der Waals surface area contributed by atoms with E-state index < -0.39 is 6.36 Å². The van der Waals surface area contributed by atoms with Crippen LogP contribution in [-0.4, -0.2) is 42.8 Å². The lowest BCUT2D eigenvalue weighted by Crippen LogP contribution is -2.52. The molecule has 1 saturated heterocycles. The molecule has 1 heterocycles. The summed E-state index contributed by atoms with van der Waals surface area (Å²) in [5.41, 5.74) is 0.464. The third-order valence-electron chi connectivity index (χ3n) is 4.44. The predicted molar refractivity (Wildman–Crippen MR) is 85.3 cm³/mol. The van der Waals surface area contributed by atoms with Gasteiger partial charge in [0, 0.05) is 31.6 Å². The van der Waals surface area contributed by atoms with Crippen molar-refractivity contribution in [2.45, 2.75) is 31.7 Å². The number of amides is 1. The number of alkyl halides is 3. The van der Waals surface area contributed by atoms with Crippen LogP contribution in [0.15, 0.2) is 24.3 Å². The maximum absolute atomic E-state index is 12.6. The van der Waals surface area contributed by atoms with Gasteiger partial charge in [0.1, 0.15) is 5.75 Å². The standard InChI is InChI=1S/C16H19F3N2O2.ClH/c1-10-9-20-6-7-21(10)15(22)13-8-12(13)11-4-2-3-5-14(11)23-16(17,18)19;/h2-5,10,12-13,20H,6-9H2,1H3;1H/t10-,12?,13?;/m1./s1. The van der Waals surface area contributed by atoms with Gasteiger partial charge in [-0.1, -0.05) is 18.2 Å². The van der Waals surface area contributed by atoms with Crippen molar-refractivity contribution in [3.05, 3.63) is 29.8 Å². The third-order valence-corrected chi connectivity index (χ3v) is 4.44. The second-order valence-corrected chi connectivity index (χ2v) is 6.12. The fourth-order valence-corrected chi connectivity index (χ4v) is 3.20. The number of nitrogens with zero attached hydrogens (tertiary/aromatic N) is 1. The fraction of sp³-hybridized carbons (Fsp3) is 0.562. The monoisotopic (exact) mass is 364 g/mol. The van der Waals surface area contributed by atoms with Crippen molar-refractivity contribution in [1.29, 1.82) is 0 Å². The Morgan fingerprint density at radius 2 is 2.04 bits per heavy atom. The normalized spacial score (nSPS) is 26.5. The number of para-hydroxylation sites is 1. The topological polar surface area (TPSA) is 41.6 Å². The molecule has 4 nitrogen and oxygen atoms in total. The van der Waals surface area contributed by atoms with E-state index in [1.165, 1.54) is 12.1 Å². The van der Waals surface area contributed by atoms with Crippen LogP contribution < -0.4 is 10.1 Å². The molecule has 0 aromatic heterocycles. The van der Waals surface area contributed by atoms with Crippen molar-refractivity contribution in [1.82, 2.24) is 10.2 Å². The number of rotatable bonds is 3. The highest BCUT2D eigenvalue weighted by Gasteiger charge is 2.48. The second-order valence-electron chi connectivity index (χ2n) is 6.12. The van der Waals surface area contributed by atoms with Gasteiger partial charge in [0.15, 0.2) is 0 Å². The minimum atomic E-state index is -4.72. The van der Waals surface area contributed by atoms with Crippen LogP contribution in [0.1, 0.15) is 24.8 Å². The van der Waals surface area contributed by atoms with E-state index in [1.54, 1.807) is 12.1 Å². The Hall–Kier alpha value is -1.47. The third kappa shape index (κ3) is 4.13. The van der Waals surface area contributed by atoms with E-state index in [0.717, 1.165) is 13.1 Å². The van der Waals surface area contributed by atoms with Crippen LogP contribution in [0.2, 0.25) is 0 Å². The minimum absolute atomic E-state index is 0. The molecule has 1 amide bonds. The molecule has 1 N–H and O–H groups in total. The number of hydrogen-bond donors (Lipinski definition) is 1. The Kier molecular flexibility index (Phi) is 5.65. The van der Waals surface area contributed by atoms with Crippen LogP contribution in [0.25, 0.3) is 0 Å². The number of carbonyl (C=O) groups is 1. The molecule has 2 unspecified atom stereocenters. The largest absolute Gasteiger partial charge is 0.573 e. The van der Waals surface area contributed by atoms with E-state index in [9.17, 15) is 18.0 Å². The molecule has 8 heteroatoms. The van der Waals surface area contributed by atoms with Gasteiger partial charge in [0.25, 0.3) is 0 Å². The van der Waals surface area contributed by atoms with Crippen molar-refractivity contribution >= 4 is 18.3 Å². The molecule has 2 aliphatic rings. The molecule has 0 spiro atoms. The highest BCUT2D eigenvalue weighted by atomic mass is 35.5. The Balaban J connectivity index is 0.00000208. The predicted octanol–water partition coefficient (Wildman–Crippen LogP) is 2.93. The summed E-state index contributed by atoms with van der Waals surface area (Å²) in [6.45, 7) is 4.12. The molecule has 3 rings (SSSR count). The molecule has 3 atom stereocenters. The molecular formula is C16H20ClF3N2O2. The highest BCUT2D eigenvalue weighted by Crippen LogP contribution is 2.51. The SMILES string of the molecule is C[C@@H]1CNCCN1C(=O)C1CC1c1ccccc1OC(F)(F)F.Cl. The molecule has 1 aliphatic carbocycles. The quantitative estimate of drug-likeness (QED) is 0.896. The Morgan fingerprint density at radius 3 is 2.71 bits per heavy atom. The van der Waals surface area contributed by atoms with Gasteiger partial charge in [-0.3, -0.25) is 4.79 Å². The summed E-state index contributed by atoms with van der Waals surface area (Å²) in [7, 11) is 0. The molecule has 1 saturated carbocycles. The van der Waals surface area contributed by atoms with E-state index in [1.807, 2.05) is 11.8 Å². The number of benzene rings is 1. The van der Waals surface area contributed by atoms with Crippen molar-refractivity contribution < 1.29 is 22.7 Å². The highest BCUT2D eigenvalue weighted by molar-refractivity contribution is 5.85.